The van der Waals surface area contributed by atoms with Gasteiger partial charge in [0.15, 0.2) is 0 Å². The van der Waals surface area contributed by atoms with E-state index in [2.05, 4.69) is 55.6 Å². The molecule has 154 valence electrons. The van der Waals surface area contributed by atoms with Crippen LogP contribution in [0.3, 0.4) is 0 Å². The summed E-state index contributed by atoms with van der Waals surface area (Å²) in [5.41, 5.74) is 5.57. The van der Waals surface area contributed by atoms with Gasteiger partial charge in [0.2, 0.25) is 6.34 Å². The van der Waals surface area contributed by atoms with Gasteiger partial charge in [0.25, 0.3) is 0 Å². The van der Waals surface area contributed by atoms with E-state index in [0.29, 0.717) is 0 Å². The molecule has 0 bridgehead atoms. The molecule has 1 heterocycles. The Kier molecular flexibility index (Phi) is 9.88. The highest BCUT2D eigenvalue weighted by molar-refractivity contribution is 6.50. The molecule has 0 radical (unpaired) electrons. The maximum atomic E-state index is 9.75. The molecule has 1 aromatic rings. The molecule has 0 spiro atoms. The van der Waals surface area contributed by atoms with Gasteiger partial charge in [-0.1, -0.05) is 50.3 Å². The van der Waals surface area contributed by atoms with Crippen molar-refractivity contribution in [1.29, 1.82) is 0 Å². The molecule has 0 saturated heterocycles. The van der Waals surface area contributed by atoms with Crippen molar-refractivity contribution < 1.29 is 21.8 Å². The van der Waals surface area contributed by atoms with Crippen molar-refractivity contribution in [2.75, 3.05) is 24.5 Å². The lowest BCUT2D eigenvalue weighted by Gasteiger charge is -2.13. The van der Waals surface area contributed by atoms with Crippen molar-refractivity contribution in [3.8, 4) is 0 Å². The van der Waals surface area contributed by atoms with Crippen LogP contribution in [0.2, 0.25) is 0 Å². The smallest absolute Gasteiger partial charge is 0.418 e. The largest absolute Gasteiger partial charge is 0.673 e. The standard InChI is InChI=1S/C20H33N2.BF4/c1-5-6-7-8-9-10-11-21-12-13-22(16-21)20-18(3)14-17(2)15-19(20)4;2-1(3,4)5/h14-16H,5-13H2,1-4H3;/q+1;-1. The first-order valence-electron chi connectivity index (χ1n) is 9.92. The summed E-state index contributed by atoms with van der Waals surface area (Å²) < 4.78 is 41.5. The number of hydrogen-bond donors (Lipinski definition) is 0. The van der Waals surface area contributed by atoms with E-state index in [1.807, 2.05) is 0 Å². The van der Waals surface area contributed by atoms with Gasteiger partial charge < -0.3 is 17.3 Å². The van der Waals surface area contributed by atoms with Crippen LogP contribution in [-0.4, -0.2) is 37.8 Å². The molecule has 0 amide bonds. The van der Waals surface area contributed by atoms with E-state index >= 15 is 0 Å². The predicted molar refractivity (Wildman–Crippen MR) is 108 cm³/mol. The zero-order valence-electron chi connectivity index (χ0n) is 17.1. The first-order chi connectivity index (χ1) is 12.6. The van der Waals surface area contributed by atoms with Crippen LogP contribution in [-0.2, 0) is 0 Å². The molecule has 1 aliphatic rings. The number of hydrogen-bond acceptors (Lipinski definition) is 1. The second kappa shape index (κ2) is 11.3. The van der Waals surface area contributed by atoms with Gasteiger partial charge in [-0.3, -0.25) is 4.58 Å². The van der Waals surface area contributed by atoms with E-state index in [4.69, 9.17) is 0 Å². The third-order valence-corrected chi connectivity index (χ3v) is 4.65. The molecule has 1 aromatic carbocycles. The topological polar surface area (TPSA) is 6.25 Å². The minimum atomic E-state index is -6.00. The maximum absolute atomic E-state index is 9.75. The average Bonchev–Trinajstić information content (AvgIpc) is 2.96. The van der Waals surface area contributed by atoms with Gasteiger partial charge >= 0.3 is 7.25 Å². The van der Waals surface area contributed by atoms with E-state index < -0.39 is 7.25 Å². The van der Waals surface area contributed by atoms with E-state index in [1.165, 1.54) is 74.0 Å². The number of benzene rings is 1. The average molecular weight is 388 g/mol. The van der Waals surface area contributed by atoms with Crippen LogP contribution in [0.1, 0.15) is 62.1 Å². The van der Waals surface area contributed by atoms with Crippen LogP contribution in [0.5, 0.6) is 0 Å². The molecule has 0 aromatic heterocycles. The van der Waals surface area contributed by atoms with E-state index in [9.17, 15) is 17.3 Å². The third-order valence-electron chi connectivity index (χ3n) is 4.65. The summed E-state index contributed by atoms with van der Waals surface area (Å²) in [5.74, 6) is 0. The summed E-state index contributed by atoms with van der Waals surface area (Å²) in [6.07, 6.45) is 10.6. The Morgan fingerprint density at radius 2 is 1.44 bits per heavy atom. The van der Waals surface area contributed by atoms with Gasteiger partial charge in [-0.15, -0.1) is 0 Å². The molecule has 1 aliphatic heterocycles. The molecule has 27 heavy (non-hydrogen) atoms. The Balaban J connectivity index is 0.000000646. The van der Waals surface area contributed by atoms with Crippen LogP contribution in [0.15, 0.2) is 12.1 Å². The minimum absolute atomic E-state index is 1.13. The van der Waals surface area contributed by atoms with Crippen molar-refractivity contribution in [1.82, 2.24) is 0 Å². The fourth-order valence-electron chi connectivity index (χ4n) is 3.61. The van der Waals surface area contributed by atoms with Crippen LogP contribution in [0, 0.1) is 20.8 Å². The number of aryl methyl sites for hydroxylation is 3. The Bertz CT molecular complexity index is 585. The third kappa shape index (κ3) is 9.82. The van der Waals surface area contributed by atoms with Crippen LogP contribution >= 0.6 is 0 Å². The lowest BCUT2D eigenvalue weighted by atomic mass is 10.0. The highest BCUT2D eigenvalue weighted by Crippen LogP contribution is 2.26. The zero-order chi connectivity index (χ0) is 20.4. The molecule has 0 fully saturated rings. The van der Waals surface area contributed by atoms with Crippen LogP contribution in [0.4, 0.5) is 23.0 Å². The first-order valence-corrected chi connectivity index (χ1v) is 9.92. The van der Waals surface area contributed by atoms with Gasteiger partial charge in [-0.2, -0.15) is 0 Å². The fraction of sp³-hybridized carbons (Fsp3) is 0.650. The SMILES string of the molecule is CCCCCCCC[N+]1=CN(c2c(C)cc(C)cc2C)CC1.F[B-](F)(F)F. The van der Waals surface area contributed by atoms with Crippen LogP contribution in [0.25, 0.3) is 0 Å². The van der Waals surface area contributed by atoms with E-state index in [0.717, 1.165) is 6.54 Å². The minimum Gasteiger partial charge on any atom is -0.418 e. The second-order valence-corrected chi connectivity index (χ2v) is 7.35. The van der Waals surface area contributed by atoms with Crippen molar-refractivity contribution in [3.05, 3.63) is 28.8 Å². The summed E-state index contributed by atoms with van der Waals surface area (Å²) in [6, 6.07) is 4.60. The fourth-order valence-corrected chi connectivity index (χ4v) is 3.61. The van der Waals surface area contributed by atoms with Crippen molar-refractivity contribution in [2.24, 2.45) is 0 Å². The summed E-state index contributed by atoms with van der Waals surface area (Å²) >= 11 is 0. The lowest BCUT2D eigenvalue weighted by Crippen LogP contribution is -2.20. The maximum Gasteiger partial charge on any atom is 0.673 e. The normalized spacial score (nSPS) is 14.1. The number of halogens is 4. The highest BCUT2D eigenvalue weighted by atomic mass is 19.5. The number of nitrogens with zero attached hydrogens (tertiary/aromatic N) is 2. The summed E-state index contributed by atoms with van der Waals surface area (Å²) in [7, 11) is -6.00. The van der Waals surface area contributed by atoms with Gasteiger partial charge in [-0.25, -0.2) is 4.90 Å². The lowest BCUT2D eigenvalue weighted by molar-refractivity contribution is -0.514. The monoisotopic (exact) mass is 388 g/mol. The van der Waals surface area contributed by atoms with Crippen LogP contribution < -0.4 is 4.90 Å². The number of anilines is 1. The van der Waals surface area contributed by atoms with Gasteiger partial charge in [-0.05, 0) is 44.7 Å². The molecule has 2 nitrogen and oxygen atoms in total. The summed E-state index contributed by atoms with van der Waals surface area (Å²) in [6.45, 7) is 12.4. The van der Waals surface area contributed by atoms with E-state index in [-0.39, 0.29) is 0 Å². The molecule has 0 atom stereocenters. The Labute approximate surface area is 161 Å². The Hall–Kier alpha value is -1.53. The van der Waals surface area contributed by atoms with Gasteiger partial charge in [0, 0.05) is 0 Å². The Morgan fingerprint density at radius 1 is 0.926 bits per heavy atom. The summed E-state index contributed by atoms with van der Waals surface area (Å²) in [5, 5.41) is 0. The Morgan fingerprint density at radius 3 is 2.00 bits per heavy atom. The second-order valence-electron chi connectivity index (χ2n) is 7.35. The zero-order valence-corrected chi connectivity index (χ0v) is 17.1. The van der Waals surface area contributed by atoms with Crippen molar-refractivity contribution in [3.63, 3.8) is 0 Å². The predicted octanol–water partition coefficient (Wildman–Crippen LogP) is 6.13. The van der Waals surface area contributed by atoms with E-state index in [1.54, 1.807) is 0 Å². The molecular formula is C20H33BF4N2. The van der Waals surface area contributed by atoms with Gasteiger partial charge in [0.05, 0.1) is 6.54 Å². The summed E-state index contributed by atoms with van der Waals surface area (Å²) in [4.78, 5) is 2.45. The molecule has 2 rings (SSSR count). The molecular weight excluding hydrogens is 355 g/mol. The number of unbranched alkanes of at least 4 members (excludes halogenated alkanes) is 5. The molecule has 0 N–H and O–H groups in total. The molecule has 0 saturated carbocycles. The quantitative estimate of drug-likeness (QED) is 0.225. The highest BCUT2D eigenvalue weighted by Gasteiger charge is 2.24. The molecule has 7 heteroatoms. The molecule has 0 aliphatic carbocycles. The molecule has 0 unspecified atom stereocenters. The number of rotatable bonds is 8. The van der Waals surface area contributed by atoms with Crippen molar-refractivity contribution in [2.45, 2.75) is 66.2 Å². The van der Waals surface area contributed by atoms with Gasteiger partial charge in [0.1, 0.15) is 18.8 Å². The van der Waals surface area contributed by atoms with Crippen molar-refractivity contribution >= 4 is 19.3 Å². The first kappa shape index (κ1) is 23.5.